The van der Waals surface area contributed by atoms with Gasteiger partial charge in [-0.05, 0) is 23.9 Å². The highest BCUT2D eigenvalue weighted by molar-refractivity contribution is 8.13. The lowest BCUT2D eigenvalue weighted by molar-refractivity contribution is -0.109. The van der Waals surface area contributed by atoms with Gasteiger partial charge in [0, 0.05) is 13.1 Å². The van der Waals surface area contributed by atoms with Gasteiger partial charge in [-0.2, -0.15) is 0 Å². The van der Waals surface area contributed by atoms with Crippen LogP contribution in [0.5, 0.6) is 0 Å². The fourth-order valence-corrected chi connectivity index (χ4v) is 1.11. The van der Waals surface area contributed by atoms with Gasteiger partial charge in [0.2, 0.25) is 0 Å². The highest BCUT2D eigenvalue weighted by Crippen LogP contribution is 2.13. The molecule has 10 heavy (non-hydrogen) atoms. The molecule has 0 aliphatic heterocycles. The Hall–Kier alpha value is -0.830. The van der Waals surface area contributed by atoms with Crippen LogP contribution in [0.2, 0.25) is 0 Å². The number of hydrogen-bond donors (Lipinski definition) is 0. The summed E-state index contributed by atoms with van der Waals surface area (Å²) >= 11 is 1.15. The van der Waals surface area contributed by atoms with E-state index in [9.17, 15) is 4.79 Å². The van der Waals surface area contributed by atoms with Crippen LogP contribution in [0.25, 0.3) is 0 Å². The molecule has 0 aliphatic carbocycles. The zero-order valence-electron chi connectivity index (χ0n) is 5.57. The van der Waals surface area contributed by atoms with Crippen LogP contribution in [-0.2, 0) is 4.79 Å². The van der Waals surface area contributed by atoms with Gasteiger partial charge in [-0.25, -0.2) is 4.98 Å². The van der Waals surface area contributed by atoms with Gasteiger partial charge in [0.05, 0.1) is 0 Å². The highest BCUT2D eigenvalue weighted by Gasteiger charge is 1.96. The molecule has 0 unspecified atom stereocenters. The molecule has 0 atom stereocenters. The van der Waals surface area contributed by atoms with Gasteiger partial charge < -0.3 is 0 Å². The van der Waals surface area contributed by atoms with Crippen molar-refractivity contribution in [1.29, 1.82) is 0 Å². The van der Waals surface area contributed by atoms with Crippen LogP contribution in [0.3, 0.4) is 0 Å². The summed E-state index contributed by atoms with van der Waals surface area (Å²) in [6.45, 7) is 1.53. The monoisotopic (exact) mass is 153 g/mol. The molecule has 0 saturated heterocycles. The van der Waals surface area contributed by atoms with E-state index in [1.165, 1.54) is 6.92 Å². The minimum absolute atomic E-state index is 0.0682. The second-order valence-corrected chi connectivity index (χ2v) is 2.96. The molecule has 0 saturated carbocycles. The van der Waals surface area contributed by atoms with Crippen molar-refractivity contribution in [2.45, 2.75) is 11.9 Å². The molecule has 52 valence electrons. The standard InChI is InChI=1S/C7H7NOS/c1-6(9)10-7-4-2-3-5-8-7/h2-5H,1H3. The maximum absolute atomic E-state index is 10.5. The maximum Gasteiger partial charge on any atom is 0.192 e. The molecule has 0 N–H and O–H groups in total. The normalized spacial score (nSPS) is 9.30. The highest BCUT2D eigenvalue weighted by atomic mass is 32.2. The molecule has 2 nitrogen and oxygen atoms in total. The third-order valence-corrected chi connectivity index (χ3v) is 1.62. The van der Waals surface area contributed by atoms with E-state index >= 15 is 0 Å². The van der Waals surface area contributed by atoms with Gasteiger partial charge in [-0.15, -0.1) is 0 Å². The average Bonchev–Trinajstić information content (AvgIpc) is 1.88. The van der Waals surface area contributed by atoms with Crippen LogP contribution in [0, 0.1) is 0 Å². The zero-order valence-corrected chi connectivity index (χ0v) is 6.39. The minimum atomic E-state index is 0.0682. The lowest BCUT2D eigenvalue weighted by Crippen LogP contribution is -1.82. The lowest BCUT2D eigenvalue weighted by atomic mass is 10.5. The predicted molar refractivity (Wildman–Crippen MR) is 40.8 cm³/mol. The first-order valence-corrected chi connectivity index (χ1v) is 3.70. The number of pyridine rings is 1. The molecule has 0 fully saturated rings. The Bertz CT molecular complexity index is 222. The summed E-state index contributed by atoms with van der Waals surface area (Å²) in [7, 11) is 0. The van der Waals surface area contributed by atoms with Crippen molar-refractivity contribution < 1.29 is 4.79 Å². The van der Waals surface area contributed by atoms with E-state index in [2.05, 4.69) is 4.98 Å². The van der Waals surface area contributed by atoms with Gasteiger partial charge in [0.15, 0.2) is 5.12 Å². The number of rotatable bonds is 1. The Kier molecular flexibility index (Phi) is 2.45. The third kappa shape index (κ3) is 2.19. The van der Waals surface area contributed by atoms with Crippen LogP contribution in [0.1, 0.15) is 6.92 Å². The van der Waals surface area contributed by atoms with Crippen molar-refractivity contribution >= 4 is 16.9 Å². The summed E-state index contributed by atoms with van der Waals surface area (Å²) in [6, 6.07) is 5.49. The second kappa shape index (κ2) is 3.37. The number of carbonyl (C=O) groups excluding carboxylic acids is 1. The first-order valence-electron chi connectivity index (χ1n) is 2.88. The van der Waals surface area contributed by atoms with E-state index in [-0.39, 0.29) is 5.12 Å². The molecule has 3 heteroatoms. The molecule has 0 bridgehead atoms. The molecule has 1 aromatic rings. The summed E-state index contributed by atoms with van der Waals surface area (Å²) in [6.07, 6.45) is 1.67. The number of aromatic nitrogens is 1. The van der Waals surface area contributed by atoms with Crippen molar-refractivity contribution in [3.05, 3.63) is 24.4 Å². The van der Waals surface area contributed by atoms with Crippen molar-refractivity contribution in [1.82, 2.24) is 4.98 Å². The fourth-order valence-electron chi connectivity index (χ4n) is 0.555. The topological polar surface area (TPSA) is 30.0 Å². The van der Waals surface area contributed by atoms with E-state index in [1.54, 1.807) is 6.20 Å². The Morgan fingerprint density at radius 3 is 2.90 bits per heavy atom. The second-order valence-electron chi connectivity index (χ2n) is 1.76. The molecular weight excluding hydrogens is 146 g/mol. The fraction of sp³-hybridized carbons (Fsp3) is 0.143. The Labute approximate surface area is 63.7 Å². The van der Waals surface area contributed by atoms with Gasteiger partial charge in [-0.1, -0.05) is 6.07 Å². The maximum atomic E-state index is 10.5. The molecule has 1 heterocycles. The van der Waals surface area contributed by atoms with Crippen molar-refractivity contribution in [2.75, 3.05) is 0 Å². The zero-order chi connectivity index (χ0) is 7.40. The minimum Gasteiger partial charge on any atom is -0.287 e. The van der Waals surface area contributed by atoms with E-state index in [0.717, 1.165) is 16.8 Å². The summed E-state index contributed by atoms with van der Waals surface area (Å²) in [5.41, 5.74) is 0. The van der Waals surface area contributed by atoms with Crippen molar-refractivity contribution in [2.24, 2.45) is 0 Å². The molecule has 0 spiro atoms. The molecule has 0 amide bonds. The lowest BCUT2D eigenvalue weighted by Gasteiger charge is -1.91. The van der Waals surface area contributed by atoms with E-state index < -0.39 is 0 Å². The Morgan fingerprint density at radius 1 is 1.60 bits per heavy atom. The van der Waals surface area contributed by atoms with E-state index in [4.69, 9.17) is 0 Å². The Morgan fingerprint density at radius 2 is 2.40 bits per heavy atom. The van der Waals surface area contributed by atoms with Gasteiger partial charge in [0.1, 0.15) is 5.03 Å². The van der Waals surface area contributed by atoms with Gasteiger partial charge in [0.25, 0.3) is 0 Å². The number of hydrogen-bond acceptors (Lipinski definition) is 3. The largest absolute Gasteiger partial charge is 0.287 e. The molecule has 1 aromatic heterocycles. The first kappa shape index (κ1) is 7.28. The summed E-state index contributed by atoms with van der Waals surface area (Å²) < 4.78 is 0. The van der Waals surface area contributed by atoms with Crippen LogP contribution >= 0.6 is 11.8 Å². The summed E-state index contributed by atoms with van der Waals surface area (Å²) in [5.74, 6) is 0. The average molecular weight is 153 g/mol. The predicted octanol–water partition coefficient (Wildman–Crippen LogP) is 1.72. The van der Waals surface area contributed by atoms with Crippen LogP contribution in [-0.4, -0.2) is 10.1 Å². The molecule has 0 aromatic carbocycles. The quantitative estimate of drug-likeness (QED) is 0.575. The smallest absolute Gasteiger partial charge is 0.192 e. The van der Waals surface area contributed by atoms with Crippen LogP contribution in [0.15, 0.2) is 29.4 Å². The van der Waals surface area contributed by atoms with Gasteiger partial charge in [-0.3, -0.25) is 4.79 Å². The molecular formula is C7H7NOS. The number of thioether (sulfide) groups is 1. The summed E-state index contributed by atoms with van der Waals surface area (Å²) in [5, 5.41) is 0.828. The first-order chi connectivity index (χ1) is 4.79. The Balaban J connectivity index is 2.67. The SMILES string of the molecule is CC(=O)Sc1ccccn1. The molecule has 0 aliphatic rings. The van der Waals surface area contributed by atoms with Crippen LogP contribution < -0.4 is 0 Å². The van der Waals surface area contributed by atoms with Crippen molar-refractivity contribution in [3.8, 4) is 0 Å². The van der Waals surface area contributed by atoms with E-state index in [0.29, 0.717) is 0 Å². The van der Waals surface area contributed by atoms with E-state index in [1.807, 2.05) is 18.2 Å². The third-order valence-electron chi connectivity index (χ3n) is 0.886. The number of carbonyl (C=O) groups is 1. The van der Waals surface area contributed by atoms with Crippen LogP contribution in [0.4, 0.5) is 0 Å². The summed E-state index contributed by atoms with van der Waals surface area (Å²) in [4.78, 5) is 14.5. The molecule has 1 rings (SSSR count). The number of nitrogens with zero attached hydrogens (tertiary/aromatic N) is 1. The van der Waals surface area contributed by atoms with Gasteiger partial charge >= 0.3 is 0 Å². The molecule has 0 radical (unpaired) electrons. The van der Waals surface area contributed by atoms with Crippen molar-refractivity contribution in [3.63, 3.8) is 0 Å².